The first kappa shape index (κ1) is 15.4. The van der Waals surface area contributed by atoms with Gasteiger partial charge in [0, 0.05) is 30.0 Å². The number of aryl methyl sites for hydroxylation is 1. The summed E-state index contributed by atoms with van der Waals surface area (Å²) in [6.45, 7) is 2.40. The number of carbonyl (C=O) groups excluding carboxylic acids is 1. The highest BCUT2D eigenvalue weighted by Crippen LogP contribution is 2.19. The number of hydrogen-bond acceptors (Lipinski definition) is 5. The van der Waals surface area contributed by atoms with Crippen LogP contribution in [0, 0.1) is 12.7 Å². The topological polar surface area (TPSA) is 68.0 Å². The van der Waals surface area contributed by atoms with E-state index in [1.165, 1.54) is 18.2 Å². The molecule has 3 aromatic rings. The lowest BCUT2D eigenvalue weighted by molar-refractivity contribution is 0.0917. The Morgan fingerprint density at radius 1 is 1.39 bits per heavy atom. The number of hydrogen-bond donors (Lipinski definition) is 1. The zero-order valence-corrected chi connectivity index (χ0v) is 13.2. The summed E-state index contributed by atoms with van der Waals surface area (Å²) in [7, 11) is 0. The molecule has 0 saturated heterocycles. The summed E-state index contributed by atoms with van der Waals surface area (Å²) in [5.41, 5.74) is 1.93. The van der Waals surface area contributed by atoms with Gasteiger partial charge in [-0.3, -0.25) is 4.79 Å². The zero-order valence-electron chi connectivity index (χ0n) is 12.4. The number of rotatable bonds is 5. The molecule has 7 heteroatoms. The van der Waals surface area contributed by atoms with Crippen molar-refractivity contribution < 1.29 is 13.7 Å². The van der Waals surface area contributed by atoms with Crippen LogP contribution in [0.15, 0.2) is 40.2 Å². The Labute approximate surface area is 136 Å². The number of amides is 1. The maximum Gasteiger partial charge on any atom is 0.289 e. The third-order valence-electron chi connectivity index (χ3n) is 3.19. The lowest BCUT2D eigenvalue weighted by Crippen LogP contribution is -2.25. The molecule has 0 spiro atoms. The Kier molecular flexibility index (Phi) is 4.47. The maximum absolute atomic E-state index is 13.2. The van der Waals surface area contributed by atoms with Crippen LogP contribution in [0.25, 0.3) is 11.3 Å². The molecular weight excluding hydrogens is 317 g/mol. The van der Waals surface area contributed by atoms with E-state index in [4.69, 9.17) is 4.52 Å². The molecule has 3 rings (SSSR count). The number of thiazole rings is 1. The third-order valence-corrected chi connectivity index (χ3v) is 4.01. The molecule has 0 bridgehead atoms. The number of carbonyl (C=O) groups is 1. The Bertz CT molecular complexity index is 828. The minimum absolute atomic E-state index is 0.0960. The van der Waals surface area contributed by atoms with Crippen LogP contribution in [0.4, 0.5) is 4.39 Å². The summed E-state index contributed by atoms with van der Waals surface area (Å²) < 4.78 is 18.2. The normalized spacial score (nSPS) is 10.7. The molecule has 0 aliphatic carbocycles. The average molecular weight is 331 g/mol. The first-order valence-electron chi connectivity index (χ1n) is 7.03. The van der Waals surface area contributed by atoms with Crippen LogP contribution in [-0.4, -0.2) is 22.6 Å². The van der Waals surface area contributed by atoms with Gasteiger partial charge in [-0.2, -0.15) is 0 Å². The van der Waals surface area contributed by atoms with Crippen LogP contribution in [0.3, 0.4) is 0 Å². The van der Waals surface area contributed by atoms with Gasteiger partial charge in [-0.1, -0.05) is 17.3 Å². The summed E-state index contributed by atoms with van der Waals surface area (Å²) in [4.78, 5) is 16.3. The lowest BCUT2D eigenvalue weighted by atomic mass is 10.1. The lowest BCUT2D eigenvalue weighted by Gasteiger charge is -2.00. The van der Waals surface area contributed by atoms with Crippen LogP contribution in [0.1, 0.15) is 21.3 Å². The first-order valence-corrected chi connectivity index (χ1v) is 7.91. The molecule has 0 aliphatic heterocycles. The van der Waals surface area contributed by atoms with E-state index in [-0.39, 0.29) is 17.5 Å². The molecule has 1 aromatic carbocycles. The Balaban J connectivity index is 1.60. The van der Waals surface area contributed by atoms with Crippen molar-refractivity contribution in [2.75, 3.05) is 6.54 Å². The third kappa shape index (κ3) is 3.81. The number of halogens is 1. The molecule has 23 heavy (non-hydrogen) atoms. The van der Waals surface area contributed by atoms with Crippen LogP contribution in [0.5, 0.6) is 0 Å². The van der Waals surface area contributed by atoms with Crippen LogP contribution in [0.2, 0.25) is 0 Å². The number of aromatic nitrogens is 2. The van der Waals surface area contributed by atoms with E-state index in [2.05, 4.69) is 15.5 Å². The van der Waals surface area contributed by atoms with Gasteiger partial charge in [0.1, 0.15) is 11.5 Å². The highest BCUT2D eigenvalue weighted by atomic mass is 32.1. The maximum atomic E-state index is 13.2. The van der Waals surface area contributed by atoms with Crippen molar-refractivity contribution in [2.45, 2.75) is 13.3 Å². The smallest absolute Gasteiger partial charge is 0.289 e. The van der Waals surface area contributed by atoms with E-state index < -0.39 is 0 Å². The predicted molar refractivity (Wildman–Crippen MR) is 84.8 cm³/mol. The highest BCUT2D eigenvalue weighted by Gasteiger charge is 2.14. The van der Waals surface area contributed by atoms with Crippen LogP contribution in [-0.2, 0) is 6.42 Å². The van der Waals surface area contributed by atoms with Crippen molar-refractivity contribution in [1.82, 2.24) is 15.5 Å². The number of nitrogens with zero attached hydrogens (tertiary/aromatic N) is 2. The molecule has 5 nitrogen and oxygen atoms in total. The van der Waals surface area contributed by atoms with E-state index in [1.54, 1.807) is 23.5 Å². The second-order valence-electron chi connectivity index (χ2n) is 4.95. The first-order chi connectivity index (χ1) is 11.1. The van der Waals surface area contributed by atoms with Crippen molar-refractivity contribution >= 4 is 17.2 Å². The van der Waals surface area contributed by atoms with Crippen LogP contribution >= 0.6 is 11.3 Å². The number of nitrogens with one attached hydrogen (secondary N) is 1. The van der Waals surface area contributed by atoms with E-state index >= 15 is 0 Å². The molecule has 0 unspecified atom stereocenters. The Morgan fingerprint density at radius 3 is 3.00 bits per heavy atom. The van der Waals surface area contributed by atoms with Gasteiger partial charge in [-0.15, -0.1) is 11.3 Å². The van der Waals surface area contributed by atoms with Gasteiger partial charge in [0.25, 0.3) is 5.91 Å². The van der Waals surface area contributed by atoms with Crippen molar-refractivity contribution in [1.29, 1.82) is 0 Å². The molecule has 0 saturated carbocycles. The standard InChI is InChI=1S/C16H14FN3O2S/c1-10-19-13(9-23-10)5-6-18-16(21)15-8-14(20-22-15)11-3-2-4-12(17)7-11/h2-4,7-9H,5-6H2,1H3,(H,18,21). The van der Waals surface area contributed by atoms with Gasteiger partial charge < -0.3 is 9.84 Å². The largest absolute Gasteiger partial charge is 0.350 e. The van der Waals surface area contributed by atoms with E-state index in [9.17, 15) is 9.18 Å². The van der Waals surface area contributed by atoms with Crippen LogP contribution < -0.4 is 5.32 Å². The van der Waals surface area contributed by atoms with Gasteiger partial charge in [-0.05, 0) is 19.1 Å². The fourth-order valence-electron chi connectivity index (χ4n) is 2.08. The summed E-state index contributed by atoms with van der Waals surface area (Å²) >= 11 is 1.58. The summed E-state index contributed by atoms with van der Waals surface area (Å²) in [5.74, 6) is -0.624. The zero-order chi connectivity index (χ0) is 16.2. The molecular formula is C16H14FN3O2S. The molecule has 1 N–H and O–H groups in total. The summed E-state index contributed by atoms with van der Waals surface area (Å²) in [6.07, 6.45) is 0.654. The Morgan fingerprint density at radius 2 is 2.26 bits per heavy atom. The molecule has 118 valence electrons. The quantitative estimate of drug-likeness (QED) is 0.779. The van der Waals surface area contributed by atoms with Crippen molar-refractivity contribution in [2.24, 2.45) is 0 Å². The predicted octanol–water partition coefficient (Wildman–Crippen LogP) is 3.22. The molecule has 0 fully saturated rings. The van der Waals surface area contributed by atoms with E-state index in [0.717, 1.165) is 10.7 Å². The van der Waals surface area contributed by atoms with E-state index in [1.807, 2.05) is 12.3 Å². The van der Waals surface area contributed by atoms with Gasteiger partial charge in [0.05, 0.1) is 10.7 Å². The van der Waals surface area contributed by atoms with Crippen molar-refractivity contribution in [3.05, 3.63) is 58.0 Å². The monoisotopic (exact) mass is 331 g/mol. The molecule has 0 atom stereocenters. The summed E-state index contributed by atoms with van der Waals surface area (Å²) in [5, 5.41) is 9.53. The molecule has 1 amide bonds. The minimum atomic E-state index is -0.366. The molecule has 0 radical (unpaired) electrons. The Hall–Kier alpha value is -2.54. The second kappa shape index (κ2) is 6.70. The fourth-order valence-corrected chi connectivity index (χ4v) is 2.73. The van der Waals surface area contributed by atoms with Gasteiger partial charge in [0.2, 0.25) is 5.76 Å². The van der Waals surface area contributed by atoms with Gasteiger partial charge in [-0.25, -0.2) is 9.37 Å². The van der Waals surface area contributed by atoms with Gasteiger partial charge in [0.15, 0.2) is 0 Å². The molecule has 0 aliphatic rings. The number of benzene rings is 1. The summed E-state index contributed by atoms with van der Waals surface area (Å²) in [6, 6.07) is 7.46. The van der Waals surface area contributed by atoms with Gasteiger partial charge >= 0.3 is 0 Å². The fraction of sp³-hybridized carbons (Fsp3) is 0.188. The van der Waals surface area contributed by atoms with Crippen molar-refractivity contribution in [3.63, 3.8) is 0 Å². The second-order valence-corrected chi connectivity index (χ2v) is 6.01. The van der Waals surface area contributed by atoms with E-state index in [0.29, 0.717) is 24.2 Å². The highest BCUT2D eigenvalue weighted by molar-refractivity contribution is 7.09. The average Bonchev–Trinajstić information content (AvgIpc) is 3.16. The molecule has 2 aromatic heterocycles. The van der Waals surface area contributed by atoms with Crippen molar-refractivity contribution in [3.8, 4) is 11.3 Å². The SMILES string of the molecule is Cc1nc(CCNC(=O)c2cc(-c3cccc(F)c3)no2)cs1. The minimum Gasteiger partial charge on any atom is -0.350 e. The molecule has 2 heterocycles.